The van der Waals surface area contributed by atoms with Gasteiger partial charge in [-0.05, 0) is 24.1 Å². The summed E-state index contributed by atoms with van der Waals surface area (Å²) in [5.74, 6) is 0.654. The van der Waals surface area contributed by atoms with Gasteiger partial charge in [-0.3, -0.25) is 0 Å². The molecule has 0 bridgehead atoms. The molecule has 1 N–H and O–H groups in total. The zero-order valence-electron chi connectivity index (χ0n) is 10.8. The molecule has 0 saturated heterocycles. The molecular weight excluding hydrogens is 224 g/mol. The van der Waals surface area contributed by atoms with E-state index in [-0.39, 0.29) is 0 Å². The van der Waals surface area contributed by atoms with Gasteiger partial charge in [0.2, 0.25) is 5.88 Å². The van der Waals surface area contributed by atoms with Gasteiger partial charge in [-0.2, -0.15) is 0 Å². The van der Waals surface area contributed by atoms with Gasteiger partial charge in [0, 0.05) is 24.8 Å². The molecule has 1 unspecified atom stereocenters. The van der Waals surface area contributed by atoms with Crippen LogP contribution in [0.25, 0.3) is 0 Å². The molecule has 0 fully saturated rings. The minimum Gasteiger partial charge on any atom is -0.481 e. The fourth-order valence-corrected chi connectivity index (χ4v) is 1.80. The highest BCUT2D eigenvalue weighted by Gasteiger charge is 2.04. The Hall–Kier alpha value is -1.87. The van der Waals surface area contributed by atoms with Gasteiger partial charge in [-0.25, -0.2) is 4.98 Å². The normalized spacial score (nSPS) is 12.1. The number of benzene rings is 1. The second-order valence-corrected chi connectivity index (χ2v) is 4.22. The highest BCUT2D eigenvalue weighted by atomic mass is 16.5. The molecule has 3 nitrogen and oxygen atoms in total. The Labute approximate surface area is 108 Å². The molecule has 3 heteroatoms. The van der Waals surface area contributed by atoms with Gasteiger partial charge in [0.25, 0.3) is 0 Å². The second kappa shape index (κ2) is 6.17. The van der Waals surface area contributed by atoms with Gasteiger partial charge in [0.1, 0.15) is 0 Å². The predicted molar refractivity (Wildman–Crippen MR) is 72.5 cm³/mol. The van der Waals surface area contributed by atoms with Gasteiger partial charge in [-0.15, -0.1) is 0 Å². The largest absolute Gasteiger partial charge is 0.481 e. The van der Waals surface area contributed by atoms with Gasteiger partial charge in [0.05, 0.1) is 7.11 Å². The third-order valence-corrected chi connectivity index (χ3v) is 2.92. The number of pyridine rings is 1. The molecule has 1 aromatic heterocycles. The minimum atomic E-state index is 0.324. The molecular formula is C15H18N2O. The minimum absolute atomic E-state index is 0.324. The van der Waals surface area contributed by atoms with Crippen molar-refractivity contribution < 1.29 is 4.74 Å². The number of hydrogen-bond donors (Lipinski definition) is 1. The van der Waals surface area contributed by atoms with E-state index in [2.05, 4.69) is 41.5 Å². The number of ether oxygens (including phenoxy) is 1. The smallest absolute Gasteiger partial charge is 0.213 e. The van der Waals surface area contributed by atoms with Crippen LogP contribution in [0, 0.1) is 0 Å². The molecule has 0 radical (unpaired) electrons. The Morgan fingerprint density at radius 1 is 1.22 bits per heavy atom. The molecule has 2 rings (SSSR count). The number of nitrogens with zero attached hydrogens (tertiary/aromatic N) is 1. The summed E-state index contributed by atoms with van der Waals surface area (Å²) >= 11 is 0. The fraction of sp³-hybridized carbons (Fsp3) is 0.267. The summed E-state index contributed by atoms with van der Waals surface area (Å²) in [5, 5.41) is 3.48. The van der Waals surface area contributed by atoms with E-state index in [4.69, 9.17) is 4.74 Å². The topological polar surface area (TPSA) is 34.1 Å². The van der Waals surface area contributed by atoms with Crippen LogP contribution in [0.2, 0.25) is 0 Å². The molecule has 18 heavy (non-hydrogen) atoms. The molecule has 0 aliphatic carbocycles. The van der Waals surface area contributed by atoms with Crippen LogP contribution in [0.15, 0.2) is 48.7 Å². The Morgan fingerprint density at radius 2 is 2.00 bits per heavy atom. The van der Waals surface area contributed by atoms with Crippen LogP contribution >= 0.6 is 0 Å². The first-order valence-electron chi connectivity index (χ1n) is 6.07. The van der Waals surface area contributed by atoms with Crippen LogP contribution in [0.4, 0.5) is 0 Å². The molecule has 1 heterocycles. The van der Waals surface area contributed by atoms with Gasteiger partial charge in [-0.1, -0.05) is 30.3 Å². The van der Waals surface area contributed by atoms with Crippen molar-refractivity contribution in [1.29, 1.82) is 0 Å². The summed E-state index contributed by atoms with van der Waals surface area (Å²) < 4.78 is 5.11. The third kappa shape index (κ3) is 3.31. The third-order valence-electron chi connectivity index (χ3n) is 2.92. The standard InChI is InChI=1S/C15H18N2O/c1-12(14-6-4-3-5-7-14)17-11-13-8-9-16-15(10-13)18-2/h3-10,12,17H,11H2,1-2H3. The average Bonchev–Trinajstić information content (AvgIpc) is 2.46. The van der Waals surface area contributed by atoms with Crippen molar-refractivity contribution in [3.63, 3.8) is 0 Å². The van der Waals surface area contributed by atoms with Crippen LogP contribution in [-0.2, 0) is 6.54 Å². The number of nitrogens with one attached hydrogen (secondary N) is 1. The lowest BCUT2D eigenvalue weighted by molar-refractivity contribution is 0.397. The summed E-state index contributed by atoms with van der Waals surface area (Å²) in [6.45, 7) is 2.96. The van der Waals surface area contributed by atoms with E-state index < -0.39 is 0 Å². The van der Waals surface area contributed by atoms with Crippen molar-refractivity contribution in [2.24, 2.45) is 0 Å². The van der Waals surface area contributed by atoms with Crippen molar-refractivity contribution in [3.05, 3.63) is 59.8 Å². The Balaban J connectivity index is 1.95. The van der Waals surface area contributed by atoms with E-state index >= 15 is 0 Å². The van der Waals surface area contributed by atoms with Crippen LogP contribution in [-0.4, -0.2) is 12.1 Å². The molecule has 0 aliphatic rings. The highest BCUT2D eigenvalue weighted by Crippen LogP contribution is 2.13. The summed E-state index contributed by atoms with van der Waals surface area (Å²) in [6, 6.07) is 14.7. The lowest BCUT2D eigenvalue weighted by Gasteiger charge is -2.14. The number of aromatic nitrogens is 1. The average molecular weight is 242 g/mol. The lowest BCUT2D eigenvalue weighted by Crippen LogP contribution is -2.18. The molecule has 0 amide bonds. The van der Waals surface area contributed by atoms with Gasteiger partial charge < -0.3 is 10.1 Å². The van der Waals surface area contributed by atoms with Crippen molar-refractivity contribution in [2.75, 3.05) is 7.11 Å². The molecule has 2 aromatic rings. The SMILES string of the molecule is COc1cc(CNC(C)c2ccccc2)ccn1. The van der Waals surface area contributed by atoms with Crippen molar-refractivity contribution >= 4 is 0 Å². The summed E-state index contributed by atoms with van der Waals surface area (Å²) in [5.41, 5.74) is 2.46. The van der Waals surface area contributed by atoms with Crippen LogP contribution in [0.1, 0.15) is 24.1 Å². The quantitative estimate of drug-likeness (QED) is 0.875. The Kier molecular flexibility index (Phi) is 4.31. The predicted octanol–water partition coefficient (Wildman–Crippen LogP) is 2.94. The number of methoxy groups -OCH3 is 1. The van der Waals surface area contributed by atoms with Gasteiger partial charge in [0.15, 0.2) is 0 Å². The summed E-state index contributed by atoms with van der Waals surface area (Å²) in [6.07, 6.45) is 1.77. The van der Waals surface area contributed by atoms with E-state index in [1.807, 2.05) is 18.2 Å². The second-order valence-electron chi connectivity index (χ2n) is 4.22. The summed E-state index contributed by atoms with van der Waals surface area (Å²) in [4.78, 5) is 4.09. The summed E-state index contributed by atoms with van der Waals surface area (Å²) in [7, 11) is 1.63. The van der Waals surface area contributed by atoms with Crippen molar-refractivity contribution in [3.8, 4) is 5.88 Å². The first-order chi connectivity index (χ1) is 8.79. The maximum absolute atomic E-state index is 5.11. The Morgan fingerprint density at radius 3 is 2.72 bits per heavy atom. The number of hydrogen-bond acceptors (Lipinski definition) is 3. The maximum Gasteiger partial charge on any atom is 0.213 e. The molecule has 0 saturated carbocycles. The van der Waals surface area contributed by atoms with Crippen molar-refractivity contribution in [1.82, 2.24) is 10.3 Å². The zero-order valence-corrected chi connectivity index (χ0v) is 10.8. The molecule has 1 atom stereocenters. The number of rotatable bonds is 5. The van der Waals surface area contributed by atoms with Gasteiger partial charge >= 0.3 is 0 Å². The molecule has 0 aliphatic heterocycles. The molecule has 94 valence electrons. The molecule has 1 aromatic carbocycles. The highest BCUT2D eigenvalue weighted by molar-refractivity contribution is 5.21. The van der Waals surface area contributed by atoms with Crippen LogP contribution in [0.5, 0.6) is 5.88 Å². The van der Waals surface area contributed by atoms with E-state index in [0.29, 0.717) is 11.9 Å². The van der Waals surface area contributed by atoms with E-state index in [9.17, 15) is 0 Å². The monoisotopic (exact) mass is 242 g/mol. The van der Waals surface area contributed by atoms with E-state index in [0.717, 1.165) is 6.54 Å². The zero-order chi connectivity index (χ0) is 12.8. The lowest BCUT2D eigenvalue weighted by atomic mass is 10.1. The van der Waals surface area contributed by atoms with Crippen LogP contribution < -0.4 is 10.1 Å². The fourth-order valence-electron chi connectivity index (χ4n) is 1.80. The maximum atomic E-state index is 5.11. The first-order valence-corrected chi connectivity index (χ1v) is 6.07. The Bertz CT molecular complexity index is 485. The molecule has 0 spiro atoms. The van der Waals surface area contributed by atoms with Crippen molar-refractivity contribution in [2.45, 2.75) is 19.5 Å². The van der Waals surface area contributed by atoms with E-state index in [1.165, 1.54) is 11.1 Å². The van der Waals surface area contributed by atoms with E-state index in [1.54, 1.807) is 13.3 Å². The van der Waals surface area contributed by atoms with Crippen LogP contribution in [0.3, 0.4) is 0 Å². The first kappa shape index (κ1) is 12.6.